The second kappa shape index (κ2) is 6.78. The summed E-state index contributed by atoms with van der Waals surface area (Å²) in [6.45, 7) is 4.01. The number of ether oxygens (including phenoxy) is 1. The molecule has 1 heterocycles. The largest absolute Gasteiger partial charge is 0.491 e. The maximum atomic E-state index is 13.9. The Labute approximate surface area is 128 Å². The van der Waals surface area contributed by atoms with E-state index in [1.807, 2.05) is 6.92 Å². The number of sulfonamides is 1. The summed E-state index contributed by atoms with van der Waals surface area (Å²) in [5, 5.41) is 3.53. The predicted octanol–water partition coefficient (Wildman–Crippen LogP) is 3.10. The highest BCUT2D eigenvalue weighted by atomic mass is 32.2. The summed E-state index contributed by atoms with van der Waals surface area (Å²) in [6.07, 6.45) is 1.72. The molecule has 0 bridgehead atoms. The summed E-state index contributed by atoms with van der Waals surface area (Å²) in [6, 6.07) is 4.92. The van der Waals surface area contributed by atoms with Crippen LogP contribution in [0.5, 0.6) is 5.75 Å². The number of anilines is 1. The zero-order valence-electron chi connectivity index (χ0n) is 12.3. The van der Waals surface area contributed by atoms with Crippen molar-refractivity contribution < 1.29 is 22.1 Å². The monoisotopic (exact) mass is 328 g/mol. The third kappa shape index (κ3) is 3.97. The number of nitrogens with one attached hydrogen (secondary N) is 1. The molecule has 0 amide bonds. The highest BCUT2D eigenvalue weighted by Gasteiger charge is 2.18. The van der Waals surface area contributed by atoms with E-state index in [4.69, 9.17) is 9.26 Å². The summed E-state index contributed by atoms with van der Waals surface area (Å²) >= 11 is 0. The van der Waals surface area contributed by atoms with Crippen LogP contribution in [0.3, 0.4) is 0 Å². The van der Waals surface area contributed by atoms with E-state index in [1.54, 1.807) is 6.92 Å². The Bertz CT molecular complexity index is 743. The number of halogens is 1. The predicted molar refractivity (Wildman–Crippen MR) is 78.9 cm³/mol. The van der Waals surface area contributed by atoms with Crippen LogP contribution >= 0.6 is 0 Å². The number of aryl methyl sites for hydroxylation is 1. The van der Waals surface area contributed by atoms with Gasteiger partial charge in [-0.15, -0.1) is 0 Å². The molecule has 0 spiro atoms. The number of hydrogen-bond acceptors (Lipinski definition) is 5. The fourth-order valence-corrected chi connectivity index (χ4v) is 2.70. The van der Waals surface area contributed by atoms with Crippen LogP contribution in [0, 0.1) is 12.7 Å². The Morgan fingerprint density at radius 1 is 1.36 bits per heavy atom. The second-order valence-corrected chi connectivity index (χ2v) is 6.40. The molecule has 120 valence electrons. The molecule has 0 aliphatic rings. The summed E-state index contributed by atoms with van der Waals surface area (Å²) in [7, 11) is -3.93. The van der Waals surface area contributed by atoms with Crippen LogP contribution in [-0.2, 0) is 10.0 Å². The molecule has 0 atom stereocenters. The molecule has 8 heteroatoms. The first-order valence-corrected chi connectivity index (χ1v) is 8.29. The van der Waals surface area contributed by atoms with E-state index < -0.39 is 15.8 Å². The van der Waals surface area contributed by atoms with E-state index in [-0.39, 0.29) is 16.5 Å². The Morgan fingerprint density at radius 2 is 2.14 bits per heavy atom. The first-order valence-electron chi connectivity index (χ1n) is 6.81. The number of aromatic nitrogens is 1. The van der Waals surface area contributed by atoms with Crippen LogP contribution in [-0.4, -0.2) is 20.2 Å². The molecule has 0 fully saturated rings. The maximum absolute atomic E-state index is 13.9. The Kier molecular flexibility index (Phi) is 5.02. The molecule has 2 rings (SSSR count). The lowest BCUT2D eigenvalue weighted by molar-refractivity contribution is 0.294. The van der Waals surface area contributed by atoms with E-state index in [1.165, 1.54) is 18.2 Å². The Morgan fingerprint density at radius 3 is 2.73 bits per heavy atom. The van der Waals surface area contributed by atoms with Gasteiger partial charge < -0.3 is 9.26 Å². The van der Waals surface area contributed by atoms with Crippen molar-refractivity contribution in [2.75, 3.05) is 11.3 Å². The summed E-state index contributed by atoms with van der Waals surface area (Å²) < 4.78 is 50.4. The fraction of sp³-hybridized carbons (Fsp3) is 0.357. The molecule has 0 saturated heterocycles. The van der Waals surface area contributed by atoms with Crippen LogP contribution in [0.15, 0.2) is 33.7 Å². The van der Waals surface area contributed by atoms with Gasteiger partial charge in [-0.2, -0.15) is 0 Å². The van der Waals surface area contributed by atoms with E-state index >= 15 is 0 Å². The molecular formula is C14H17FN2O4S. The van der Waals surface area contributed by atoms with Gasteiger partial charge >= 0.3 is 0 Å². The van der Waals surface area contributed by atoms with Crippen LogP contribution in [0.4, 0.5) is 10.2 Å². The van der Waals surface area contributed by atoms with Crippen molar-refractivity contribution in [2.24, 2.45) is 0 Å². The lowest BCUT2D eigenvalue weighted by atomic mass is 10.3. The summed E-state index contributed by atoms with van der Waals surface area (Å²) in [5.74, 6) is -0.190. The topological polar surface area (TPSA) is 81.4 Å². The Balaban J connectivity index is 2.15. The quantitative estimate of drug-likeness (QED) is 0.790. The third-order valence-electron chi connectivity index (χ3n) is 2.84. The van der Waals surface area contributed by atoms with Crippen molar-refractivity contribution in [3.05, 3.63) is 35.8 Å². The molecule has 0 saturated carbocycles. The summed E-state index contributed by atoms with van der Waals surface area (Å²) in [5.41, 5.74) is 0. The molecule has 2 aromatic rings. The lowest BCUT2D eigenvalue weighted by Crippen LogP contribution is -2.13. The van der Waals surface area contributed by atoms with E-state index in [2.05, 4.69) is 9.88 Å². The molecule has 6 nitrogen and oxygen atoms in total. The average Bonchev–Trinajstić information content (AvgIpc) is 2.85. The first kappa shape index (κ1) is 16.3. The van der Waals surface area contributed by atoms with Crippen molar-refractivity contribution in [1.29, 1.82) is 0 Å². The van der Waals surface area contributed by atoms with E-state index in [0.29, 0.717) is 12.4 Å². The number of benzene rings is 1. The molecule has 0 aliphatic heterocycles. The van der Waals surface area contributed by atoms with Crippen molar-refractivity contribution >= 4 is 15.8 Å². The standard InChI is InChI=1S/C14H17FN2O4S/c1-3-4-7-20-13-6-5-11(9-12(13)15)22(18,19)17-14-8-10(2)21-16-14/h5-6,8-9H,3-4,7H2,1-2H3,(H,16,17). The van der Waals surface area contributed by atoms with Crippen LogP contribution < -0.4 is 9.46 Å². The van der Waals surface area contributed by atoms with Gasteiger partial charge in [0.2, 0.25) is 0 Å². The minimum absolute atomic E-state index is 0.0321. The number of nitrogens with zero attached hydrogens (tertiary/aromatic N) is 1. The normalized spacial score (nSPS) is 11.4. The van der Waals surface area contributed by atoms with Gasteiger partial charge in [0.25, 0.3) is 10.0 Å². The van der Waals surface area contributed by atoms with Crippen LogP contribution in [0.2, 0.25) is 0 Å². The maximum Gasteiger partial charge on any atom is 0.263 e. The number of unbranched alkanes of at least 4 members (excludes halogenated alkanes) is 1. The smallest absolute Gasteiger partial charge is 0.263 e. The molecule has 0 unspecified atom stereocenters. The van der Waals surface area contributed by atoms with Crippen molar-refractivity contribution in [2.45, 2.75) is 31.6 Å². The molecular weight excluding hydrogens is 311 g/mol. The van der Waals surface area contributed by atoms with Gasteiger partial charge in [-0.3, -0.25) is 4.72 Å². The molecule has 0 aliphatic carbocycles. The van der Waals surface area contributed by atoms with Gasteiger partial charge in [-0.25, -0.2) is 12.8 Å². The minimum atomic E-state index is -3.93. The van der Waals surface area contributed by atoms with Crippen molar-refractivity contribution in [3.63, 3.8) is 0 Å². The number of hydrogen-bond donors (Lipinski definition) is 1. The van der Waals surface area contributed by atoms with Crippen molar-refractivity contribution in [3.8, 4) is 5.75 Å². The Hall–Kier alpha value is -2.09. The van der Waals surface area contributed by atoms with Gasteiger partial charge in [0.05, 0.1) is 11.5 Å². The van der Waals surface area contributed by atoms with E-state index in [9.17, 15) is 12.8 Å². The highest BCUT2D eigenvalue weighted by molar-refractivity contribution is 7.92. The molecule has 1 N–H and O–H groups in total. The van der Waals surface area contributed by atoms with Crippen LogP contribution in [0.1, 0.15) is 25.5 Å². The molecule has 1 aromatic carbocycles. The zero-order chi connectivity index (χ0) is 16.2. The minimum Gasteiger partial charge on any atom is -0.491 e. The van der Waals surface area contributed by atoms with Gasteiger partial charge in [0.15, 0.2) is 17.4 Å². The second-order valence-electron chi connectivity index (χ2n) is 4.72. The first-order chi connectivity index (χ1) is 10.4. The third-order valence-corrected chi connectivity index (χ3v) is 4.19. The molecule has 22 heavy (non-hydrogen) atoms. The van der Waals surface area contributed by atoms with Crippen molar-refractivity contribution in [1.82, 2.24) is 5.16 Å². The zero-order valence-corrected chi connectivity index (χ0v) is 13.1. The average molecular weight is 328 g/mol. The van der Waals surface area contributed by atoms with Gasteiger partial charge in [0, 0.05) is 6.07 Å². The number of rotatable bonds is 7. The fourth-order valence-electron chi connectivity index (χ4n) is 1.70. The highest BCUT2D eigenvalue weighted by Crippen LogP contribution is 2.23. The van der Waals surface area contributed by atoms with Crippen LogP contribution in [0.25, 0.3) is 0 Å². The molecule has 1 aromatic heterocycles. The van der Waals surface area contributed by atoms with E-state index in [0.717, 1.165) is 18.9 Å². The SMILES string of the molecule is CCCCOc1ccc(S(=O)(=O)Nc2cc(C)on2)cc1F. The summed E-state index contributed by atoms with van der Waals surface area (Å²) in [4.78, 5) is -0.214. The van der Waals surface area contributed by atoms with Gasteiger partial charge in [-0.05, 0) is 31.5 Å². The lowest BCUT2D eigenvalue weighted by Gasteiger charge is -2.09. The van der Waals surface area contributed by atoms with Gasteiger partial charge in [0.1, 0.15) is 5.76 Å². The molecule has 0 radical (unpaired) electrons. The van der Waals surface area contributed by atoms with Gasteiger partial charge in [-0.1, -0.05) is 18.5 Å².